The average molecular weight is 348 g/mol. The van der Waals surface area contributed by atoms with Crippen LogP contribution in [-0.4, -0.2) is 46.4 Å². The van der Waals surface area contributed by atoms with E-state index < -0.39 is 24.0 Å². The molecule has 2 aromatic rings. The SMILES string of the molecule is COc1ccccc1OCc1cc(C(=O)N[C@H](C(N)=O)[C@@H](C)O)n[nH]1. The summed E-state index contributed by atoms with van der Waals surface area (Å²) in [6.07, 6.45) is -1.12. The van der Waals surface area contributed by atoms with Crippen molar-refractivity contribution in [2.24, 2.45) is 5.73 Å². The molecule has 1 aromatic heterocycles. The summed E-state index contributed by atoms with van der Waals surface area (Å²) in [6, 6.07) is 7.43. The summed E-state index contributed by atoms with van der Waals surface area (Å²) in [4.78, 5) is 23.3. The van der Waals surface area contributed by atoms with Gasteiger partial charge in [-0.3, -0.25) is 14.7 Å². The second kappa shape index (κ2) is 8.15. The summed E-state index contributed by atoms with van der Waals surface area (Å²) in [5, 5.41) is 18.3. The zero-order chi connectivity index (χ0) is 18.4. The van der Waals surface area contributed by atoms with Crippen molar-refractivity contribution in [2.45, 2.75) is 25.7 Å². The van der Waals surface area contributed by atoms with Crippen molar-refractivity contribution in [3.63, 3.8) is 0 Å². The predicted octanol–water partition coefficient (Wildman–Crippen LogP) is -0.0382. The molecule has 25 heavy (non-hydrogen) atoms. The Morgan fingerprint density at radius 1 is 1.36 bits per heavy atom. The number of aliphatic hydroxyl groups excluding tert-OH is 1. The average Bonchev–Trinajstić information content (AvgIpc) is 3.06. The van der Waals surface area contributed by atoms with Gasteiger partial charge in [0, 0.05) is 0 Å². The molecule has 0 saturated carbocycles. The molecule has 2 atom stereocenters. The molecule has 1 heterocycles. The molecule has 5 N–H and O–H groups in total. The topological polar surface area (TPSA) is 140 Å². The summed E-state index contributed by atoms with van der Waals surface area (Å²) in [5.41, 5.74) is 5.73. The van der Waals surface area contributed by atoms with Crippen LogP contribution < -0.4 is 20.5 Å². The molecule has 0 aliphatic heterocycles. The summed E-state index contributed by atoms with van der Waals surface area (Å²) in [6.45, 7) is 1.49. The van der Waals surface area contributed by atoms with Crippen molar-refractivity contribution in [3.8, 4) is 11.5 Å². The number of para-hydroxylation sites is 2. The van der Waals surface area contributed by atoms with Gasteiger partial charge in [0.2, 0.25) is 5.91 Å². The van der Waals surface area contributed by atoms with Gasteiger partial charge in [0.05, 0.1) is 18.9 Å². The molecule has 0 spiro atoms. The number of hydrogen-bond acceptors (Lipinski definition) is 6. The largest absolute Gasteiger partial charge is 0.493 e. The van der Waals surface area contributed by atoms with Crippen LogP contribution in [0.25, 0.3) is 0 Å². The lowest BCUT2D eigenvalue weighted by atomic mass is 10.1. The number of H-pyrrole nitrogens is 1. The Bertz CT molecular complexity index is 744. The van der Waals surface area contributed by atoms with Crippen molar-refractivity contribution in [2.75, 3.05) is 7.11 Å². The molecule has 0 aliphatic rings. The van der Waals surface area contributed by atoms with Crippen molar-refractivity contribution in [1.29, 1.82) is 0 Å². The van der Waals surface area contributed by atoms with E-state index >= 15 is 0 Å². The third-order valence-electron chi connectivity index (χ3n) is 3.39. The molecule has 0 unspecified atom stereocenters. The zero-order valence-electron chi connectivity index (χ0n) is 13.9. The highest BCUT2D eigenvalue weighted by atomic mass is 16.5. The van der Waals surface area contributed by atoms with Gasteiger partial charge in [0.25, 0.3) is 5.91 Å². The maximum Gasteiger partial charge on any atom is 0.272 e. The van der Waals surface area contributed by atoms with Crippen LogP contribution in [0.15, 0.2) is 30.3 Å². The number of carbonyl (C=O) groups is 2. The lowest BCUT2D eigenvalue weighted by molar-refractivity contribution is -0.122. The van der Waals surface area contributed by atoms with E-state index in [2.05, 4.69) is 15.5 Å². The van der Waals surface area contributed by atoms with Crippen molar-refractivity contribution < 1.29 is 24.2 Å². The van der Waals surface area contributed by atoms with E-state index in [-0.39, 0.29) is 12.3 Å². The molecular weight excluding hydrogens is 328 g/mol. The standard InChI is InChI=1S/C16H20N4O5/c1-9(21)14(15(17)22)18-16(23)11-7-10(19-20-11)8-25-13-6-4-3-5-12(13)24-2/h3-7,9,14,21H,8H2,1-2H3,(H2,17,22)(H,18,23)(H,19,20)/t9-,14+/m1/s1. The number of benzene rings is 1. The number of amides is 2. The molecule has 134 valence electrons. The van der Waals surface area contributed by atoms with Crippen LogP contribution in [0, 0.1) is 0 Å². The smallest absolute Gasteiger partial charge is 0.272 e. The van der Waals surface area contributed by atoms with Gasteiger partial charge < -0.3 is 25.6 Å². The van der Waals surface area contributed by atoms with Crippen LogP contribution in [0.2, 0.25) is 0 Å². The van der Waals surface area contributed by atoms with Gasteiger partial charge in [-0.15, -0.1) is 0 Å². The fourth-order valence-electron chi connectivity index (χ4n) is 2.09. The van der Waals surface area contributed by atoms with E-state index in [1.54, 1.807) is 12.1 Å². The molecular formula is C16H20N4O5. The third kappa shape index (κ3) is 4.70. The van der Waals surface area contributed by atoms with Gasteiger partial charge >= 0.3 is 0 Å². The normalized spacial score (nSPS) is 12.9. The first-order valence-electron chi connectivity index (χ1n) is 7.50. The van der Waals surface area contributed by atoms with Crippen LogP contribution >= 0.6 is 0 Å². The summed E-state index contributed by atoms with van der Waals surface area (Å²) < 4.78 is 10.8. The minimum atomic E-state index is -1.20. The highest BCUT2D eigenvalue weighted by Crippen LogP contribution is 2.26. The summed E-state index contributed by atoms with van der Waals surface area (Å²) in [7, 11) is 1.54. The number of nitrogens with two attached hydrogens (primary N) is 1. The fourth-order valence-corrected chi connectivity index (χ4v) is 2.09. The Balaban J connectivity index is 1.99. The number of aromatic amines is 1. The van der Waals surface area contributed by atoms with Gasteiger partial charge in [-0.05, 0) is 25.1 Å². The first-order valence-corrected chi connectivity index (χ1v) is 7.50. The Morgan fingerprint density at radius 2 is 2.04 bits per heavy atom. The van der Waals surface area contributed by atoms with Crippen LogP contribution in [0.5, 0.6) is 11.5 Å². The fraction of sp³-hybridized carbons (Fsp3) is 0.312. The summed E-state index contributed by atoms with van der Waals surface area (Å²) in [5.74, 6) is -0.335. The number of primary amides is 1. The van der Waals surface area contributed by atoms with Crippen LogP contribution in [0.4, 0.5) is 0 Å². The van der Waals surface area contributed by atoms with Gasteiger partial charge in [0.1, 0.15) is 18.3 Å². The van der Waals surface area contributed by atoms with Crippen molar-refractivity contribution in [1.82, 2.24) is 15.5 Å². The number of nitrogens with one attached hydrogen (secondary N) is 2. The lowest BCUT2D eigenvalue weighted by Gasteiger charge is -2.17. The second-order valence-electron chi connectivity index (χ2n) is 5.31. The Kier molecular flexibility index (Phi) is 5.96. The monoisotopic (exact) mass is 348 g/mol. The van der Waals surface area contributed by atoms with Crippen LogP contribution in [-0.2, 0) is 11.4 Å². The van der Waals surface area contributed by atoms with Gasteiger partial charge in [-0.25, -0.2) is 0 Å². The van der Waals surface area contributed by atoms with Crippen LogP contribution in [0.1, 0.15) is 23.1 Å². The highest BCUT2D eigenvalue weighted by Gasteiger charge is 2.24. The number of aliphatic hydroxyl groups is 1. The van der Waals surface area contributed by atoms with Gasteiger partial charge in [-0.2, -0.15) is 5.10 Å². The maximum absolute atomic E-state index is 12.1. The summed E-state index contributed by atoms with van der Waals surface area (Å²) >= 11 is 0. The minimum Gasteiger partial charge on any atom is -0.493 e. The molecule has 2 rings (SSSR count). The third-order valence-corrected chi connectivity index (χ3v) is 3.39. The number of methoxy groups -OCH3 is 1. The van der Waals surface area contributed by atoms with Crippen LogP contribution in [0.3, 0.4) is 0 Å². The lowest BCUT2D eigenvalue weighted by Crippen LogP contribution is -2.50. The molecule has 0 fully saturated rings. The predicted molar refractivity (Wildman–Crippen MR) is 88.0 cm³/mol. The van der Waals surface area contributed by atoms with Gasteiger partial charge in [0.15, 0.2) is 11.5 Å². The Hall–Kier alpha value is -3.07. The first kappa shape index (κ1) is 18.3. The Labute approximate surface area is 144 Å². The zero-order valence-corrected chi connectivity index (χ0v) is 13.9. The molecule has 2 amide bonds. The molecule has 9 heteroatoms. The molecule has 0 saturated heterocycles. The number of nitrogens with zero attached hydrogens (tertiary/aromatic N) is 1. The number of ether oxygens (including phenoxy) is 2. The number of rotatable bonds is 8. The van der Waals surface area contributed by atoms with E-state index in [4.69, 9.17) is 15.2 Å². The quantitative estimate of drug-likeness (QED) is 0.528. The highest BCUT2D eigenvalue weighted by molar-refractivity contribution is 5.96. The van der Waals surface area contributed by atoms with Crippen molar-refractivity contribution in [3.05, 3.63) is 41.7 Å². The number of aromatic nitrogens is 2. The van der Waals surface area contributed by atoms with E-state index in [9.17, 15) is 14.7 Å². The van der Waals surface area contributed by atoms with Gasteiger partial charge in [-0.1, -0.05) is 12.1 Å². The van der Waals surface area contributed by atoms with E-state index in [0.717, 1.165) is 0 Å². The minimum absolute atomic E-state index is 0.0468. The first-order chi connectivity index (χ1) is 11.9. The van der Waals surface area contributed by atoms with E-state index in [0.29, 0.717) is 17.2 Å². The number of carbonyl (C=O) groups excluding carboxylic acids is 2. The van der Waals surface area contributed by atoms with E-state index in [1.165, 1.54) is 20.1 Å². The van der Waals surface area contributed by atoms with Crippen molar-refractivity contribution >= 4 is 11.8 Å². The maximum atomic E-state index is 12.1. The molecule has 0 bridgehead atoms. The molecule has 9 nitrogen and oxygen atoms in total. The molecule has 0 radical (unpaired) electrons. The van der Waals surface area contributed by atoms with E-state index in [1.807, 2.05) is 12.1 Å². The Morgan fingerprint density at radius 3 is 2.64 bits per heavy atom. The molecule has 0 aliphatic carbocycles. The second-order valence-corrected chi connectivity index (χ2v) is 5.31. The molecule has 1 aromatic carbocycles. The number of hydrogen-bond donors (Lipinski definition) is 4.